The Morgan fingerprint density at radius 2 is 1.62 bits per heavy atom. The van der Waals surface area contributed by atoms with Crippen LogP contribution < -0.4 is 0 Å². The van der Waals surface area contributed by atoms with Crippen molar-refractivity contribution in [3.05, 3.63) is 69.3 Å². The lowest BCUT2D eigenvalue weighted by atomic mass is 9.44. The number of rotatable bonds is 15. The molecule has 0 aliphatic heterocycles. The smallest absolute Gasteiger partial charge is 0.306 e. The minimum absolute atomic E-state index is 0.0468. The molecule has 8 atom stereocenters. The molecule has 1 unspecified atom stereocenters. The van der Waals surface area contributed by atoms with E-state index in [1.165, 1.54) is 12.2 Å². The van der Waals surface area contributed by atoms with Gasteiger partial charge in [-0.15, -0.1) is 10.1 Å². The fourth-order valence-electron chi connectivity index (χ4n) is 9.58. The zero-order chi connectivity index (χ0) is 38.8. The van der Waals surface area contributed by atoms with E-state index in [2.05, 4.69) is 4.84 Å². The van der Waals surface area contributed by atoms with Crippen molar-refractivity contribution in [2.75, 3.05) is 6.61 Å². The first kappa shape index (κ1) is 39.7. The van der Waals surface area contributed by atoms with Crippen LogP contribution in [0.4, 0.5) is 4.39 Å². The summed E-state index contributed by atoms with van der Waals surface area (Å²) in [6.07, 6.45) is 4.18. The van der Waals surface area contributed by atoms with E-state index in [9.17, 15) is 39.2 Å². The third kappa shape index (κ3) is 7.26. The highest BCUT2D eigenvalue weighted by Crippen LogP contribution is 2.71. The van der Waals surface area contributed by atoms with Crippen LogP contribution >= 0.6 is 0 Å². The number of carbonyl (C=O) groups excluding carboxylic acids is 5. The van der Waals surface area contributed by atoms with Crippen LogP contribution in [0, 0.1) is 38.7 Å². The monoisotopic (exact) mass is 741 g/mol. The van der Waals surface area contributed by atoms with Crippen LogP contribution in [0.15, 0.2) is 48.1 Å². The van der Waals surface area contributed by atoms with Gasteiger partial charge in [0.1, 0.15) is 13.2 Å². The maximum absolute atomic E-state index is 17.7. The van der Waals surface area contributed by atoms with Crippen molar-refractivity contribution < 1.29 is 57.6 Å². The fourth-order valence-corrected chi connectivity index (χ4v) is 9.58. The van der Waals surface area contributed by atoms with Crippen molar-refractivity contribution in [3.63, 3.8) is 0 Å². The van der Waals surface area contributed by atoms with Gasteiger partial charge in [0.2, 0.25) is 5.78 Å². The van der Waals surface area contributed by atoms with Gasteiger partial charge in [-0.3, -0.25) is 24.0 Å². The normalized spacial score (nSPS) is 32.7. The first-order chi connectivity index (χ1) is 25.0. The molecule has 0 saturated heterocycles. The maximum atomic E-state index is 17.7. The van der Waals surface area contributed by atoms with Crippen molar-refractivity contribution in [2.45, 2.75) is 116 Å². The van der Waals surface area contributed by atoms with Crippen LogP contribution in [0.1, 0.15) is 96.6 Å². The van der Waals surface area contributed by atoms with Crippen LogP contribution in [0.25, 0.3) is 0 Å². The van der Waals surface area contributed by atoms with Crippen LogP contribution in [0.5, 0.6) is 0 Å². The summed E-state index contributed by atoms with van der Waals surface area (Å²) < 4.78 is 34.5. The second-order valence-electron chi connectivity index (χ2n) is 15.3. The molecule has 4 aliphatic carbocycles. The van der Waals surface area contributed by atoms with Gasteiger partial charge in [-0.2, -0.15) is 0 Å². The van der Waals surface area contributed by atoms with Crippen molar-refractivity contribution in [1.82, 2.24) is 0 Å². The lowest BCUT2D eigenvalue weighted by Gasteiger charge is -2.62. The average molecular weight is 742 g/mol. The number of ketones is 2. The van der Waals surface area contributed by atoms with Crippen molar-refractivity contribution in [2.24, 2.45) is 28.6 Å². The van der Waals surface area contributed by atoms with Crippen molar-refractivity contribution >= 4 is 29.5 Å². The van der Waals surface area contributed by atoms with Crippen LogP contribution in [-0.4, -0.2) is 63.6 Å². The first-order valence-corrected chi connectivity index (χ1v) is 18.2. The highest BCUT2D eigenvalue weighted by atomic mass is 19.1. The number of allylic oxidation sites excluding steroid dienone is 4. The molecule has 13 nitrogen and oxygen atoms in total. The number of hydrogen-bond acceptors (Lipinski definition) is 12. The Balaban J connectivity index is 1.27. The molecular formula is C39H48FNO12. The van der Waals surface area contributed by atoms with Crippen LogP contribution in [0.2, 0.25) is 0 Å². The molecule has 0 spiro atoms. The minimum Gasteiger partial charge on any atom is -0.461 e. The number of esters is 3. The largest absolute Gasteiger partial charge is 0.461 e. The van der Waals surface area contributed by atoms with Gasteiger partial charge < -0.3 is 24.2 Å². The number of halogens is 1. The van der Waals surface area contributed by atoms with E-state index in [-0.39, 0.29) is 38.3 Å². The third-order valence-corrected chi connectivity index (χ3v) is 12.3. The number of aliphatic hydroxyl groups is 1. The summed E-state index contributed by atoms with van der Waals surface area (Å²) in [7, 11) is 0. The standard InChI is InChI=1S/C39H48FNO12/c1-5-6-7-35(47)53-39(32(44)23-51-34(46)15-14-33(45)50-21-25-8-10-26(11-9-25)22-52-41(48)49)24(2)18-30-29-13-12-27-19-28(42)16-17-36(27,3)38(29,40)31(43)20-37(30,39)4/h8-11,16-17,19,24,29-31,43H,5-7,12-15,18,20-23H2,1-4H3/t24-,29?,30-,31-,36-,37-,38-,39-/m0/s1. The highest BCUT2D eigenvalue weighted by Gasteiger charge is 2.77. The molecule has 0 heterocycles. The summed E-state index contributed by atoms with van der Waals surface area (Å²) in [6, 6.07) is 6.40. The highest BCUT2D eigenvalue weighted by molar-refractivity contribution is 6.01. The molecule has 1 N–H and O–H groups in total. The van der Waals surface area contributed by atoms with Crippen LogP contribution in [0.3, 0.4) is 0 Å². The van der Waals surface area contributed by atoms with Gasteiger partial charge in [0.15, 0.2) is 23.7 Å². The van der Waals surface area contributed by atoms with Gasteiger partial charge in [0.05, 0.1) is 18.9 Å². The van der Waals surface area contributed by atoms with E-state index in [0.717, 1.165) is 0 Å². The number of nitrogens with zero attached hydrogens (tertiary/aromatic N) is 1. The number of Topliss-reactive ketones (excluding diaryl/α,β-unsaturated/α-hetero) is 1. The number of hydrogen-bond donors (Lipinski definition) is 1. The molecule has 53 heavy (non-hydrogen) atoms. The van der Waals surface area contributed by atoms with Gasteiger partial charge >= 0.3 is 17.9 Å². The number of carbonyl (C=O) groups is 5. The van der Waals surface area contributed by atoms with E-state index in [4.69, 9.17) is 14.2 Å². The zero-order valence-corrected chi connectivity index (χ0v) is 30.6. The molecule has 1 aromatic rings. The molecule has 0 aromatic heterocycles. The van der Waals surface area contributed by atoms with E-state index in [1.54, 1.807) is 51.1 Å². The van der Waals surface area contributed by atoms with Crippen LogP contribution in [-0.2, 0) is 56.2 Å². The van der Waals surface area contributed by atoms with Gasteiger partial charge in [-0.05, 0) is 68.2 Å². The molecule has 0 bridgehead atoms. The SMILES string of the molecule is CCCCC(=O)O[C@]1(C(=O)COC(=O)CCC(=O)OCc2ccc(CO[N+](=O)[O-])cc2)[C@@H](C)C[C@H]2C3CCC4=CC(=O)C=C[C@]4(C)[C@@]3(F)[C@@H](O)C[C@@]21C. The molecule has 0 radical (unpaired) electrons. The number of unbranched alkanes of at least 4 members (excludes halogenated alkanes) is 1. The molecule has 14 heteroatoms. The average Bonchev–Trinajstić information content (AvgIpc) is 3.33. The molecule has 1 aromatic carbocycles. The number of alkyl halides is 1. The lowest BCUT2D eigenvalue weighted by molar-refractivity contribution is -0.763. The van der Waals surface area contributed by atoms with Crippen molar-refractivity contribution in [3.8, 4) is 0 Å². The summed E-state index contributed by atoms with van der Waals surface area (Å²) >= 11 is 0. The Bertz CT molecular complexity index is 1690. The van der Waals surface area contributed by atoms with E-state index < -0.39 is 87.8 Å². The molecular weight excluding hydrogens is 693 g/mol. The topological polar surface area (TPSA) is 186 Å². The van der Waals surface area contributed by atoms with Crippen molar-refractivity contribution in [1.29, 1.82) is 0 Å². The minimum atomic E-state index is -2.15. The Labute approximate surface area is 307 Å². The number of fused-ring (bicyclic) bond motifs is 5. The summed E-state index contributed by atoms with van der Waals surface area (Å²) in [4.78, 5) is 79.8. The van der Waals surface area contributed by atoms with E-state index in [1.807, 2.05) is 6.92 Å². The van der Waals surface area contributed by atoms with Gasteiger partial charge in [0, 0.05) is 29.1 Å². The van der Waals surface area contributed by atoms with E-state index >= 15 is 4.39 Å². The summed E-state index contributed by atoms with van der Waals surface area (Å²) in [5.41, 5.74) is -4.66. The summed E-state index contributed by atoms with van der Waals surface area (Å²) in [6.45, 7) is 6.05. The molecule has 3 saturated carbocycles. The predicted octanol–water partition coefficient (Wildman–Crippen LogP) is 5.42. The summed E-state index contributed by atoms with van der Waals surface area (Å²) in [5, 5.41) is 21.3. The first-order valence-electron chi connectivity index (χ1n) is 18.2. The quantitative estimate of drug-likeness (QED) is 0.104. The molecule has 288 valence electrons. The third-order valence-electron chi connectivity index (χ3n) is 12.3. The van der Waals surface area contributed by atoms with E-state index in [0.29, 0.717) is 48.8 Å². The molecule has 4 aliphatic rings. The Morgan fingerprint density at radius 1 is 0.981 bits per heavy atom. The predicted molar refractivity (Wildman–Crippen MR) is 184 cm³/mol. The van der Waals surface area contributed by atoms with Gasteiger partial charge in [-0.25, -0.2) is 4.39 Å². The molecule has 5 rings (SSSR count). The maximum Gasteiger partial charge on any atom is 0.306 e. The summed E-state index contributed by atoms with van der Waals surface area (Å²) in [5.74, 6) is -4.89. The number of benzene rings is 1. The zero-order valence-electron chi connectivity index (χ0n) is 30.6. The fraction of sp³-hybridized carbons (Fsp3) is 0.615. The van der Waals surface area contributed by atoms with Gasteiger partial charge in [-0.1, -0.05) is 63.1 Å². The second-order valence-corrected chi connectivity index (χ2v) is 15.3. The number of aliphatic hydroxyl groups excluding tert-OH is 1. The van der Waals surface area contributed by atoms with Gasteiger partial charge in [0.25, 0.3) is 5.09 Å². The molecule has 0 amide bonds. The Kier molecular flexibility index (Phi) is 11.6. The molecule has 3 fully saturated rings. The lowest BCUT2D eigenvalue weighted by Crippen LogP contribution is -2.70. The Morgan fingerprint density at radius 3 is 2.26 bits per heavy atom. The number of ether oxygens (including phenoxy) is 3. The second kappa shape index (κ2) is 15.5. The Hall–Kier alpha value is -4.46.